The fourth-order valence-corrected chi connectivity index (χ4v) is 3.39. The van der Waals surface area contributed by atoms with Gasteiger partial charge in [-0.1, -0.05) is 23.4 Å². The van der Waals surface area contributed by atoms with Crippen molar-refractivity contribution in [3.05, 3.63) is 29.0 Å². The highest BCUT2D eigenvalue weighted by atomic mass is 35.5. The van der Waals surface area contributed by atoms with Crippen molar-refractivity contribution in [2.24, 2.45) is 7.05 Å². The summed E-state index contributed by atoms with van der Waals surface area (Å²) in [6.07, 6.45) is 0. The van der Waals surface area contributed by atoms with Crippen molar-refractivity contribution in [2.75, 3.05) is 37.4 Å². The molecule has 1 amide bonds. The zero-order chi connectivity index (χ0) is 18.5. The van der Waals surface area contributed by atoms with Crippen molar-refractivity contribution >= 4 is 35.0 Å². The zero-order valence-electron chi connectivity index (χ0n) is 14.3. The monoisotopic (exact) mass is 397 g/mol. The number of hydrogen-bond acceptors (Lipinski definition) is 7. The Labute approximate surface area is 160 Å². The average Bonchev–Trinajstić information content (AvgIpc) is 2.97. The minimum atomic E-state index is -0.259. The standard InChI is InChI=1S/C16H20ClN5O3S/c1-21-14(9-22-4-6-25-7-5-22)19-20-16(21)26-10-15(24)18-12-8-11(17)2-3-13(12)23/h2-3,8,23H,4-7,9-10H2,1H3,(H,18,24). The van der Waals surface area contributed by atoms with Gasteiger partial charge in [0.15, 0.2) is 5.16 Å². The number of thioether (sulfide) groups is 1. The molecule has 1 aliphatic heterocycles. The summed E-state index contributed by atoms with van der Waals surface area (Å²) in [5.41, 5.74) is 0.286. The average molecular weight is 398 g/mol. The Morgan fingerprint density at radius 1 is 1.38 bits per heavy atom. The molecule has 1 aromatic carbocycles. The molecule has 0 atom stereocenters. The number of morpholine rings is 1. The summed E-state index contributed by atoms with van der Waals surface area (Å²) in [5.74, 6) is 0.710. The Balaban J connectivity index is 1.54. The van der Waals surface area contributed by atoms with E-state index in [9.17, 15) is 9.90 Å². The van der Waals surface area contributed by atoms with E-state index >= 15 is 0 Å². The number of hydrogen-bond donors (Lipinski definition) is 2. The molecule has 2 heterocycles. The van der Waals surface area contributed by atoms with Gasteiger partial charge < -0.3 is 19.7 Å². The number of phenols is 1. The number of ether oxygens (including phenoxy) is 1. The topological polar surface area (TPSA) is 92.5 Å². The van der Waals surface area contributed by atoms with E-state index in [1.165, 1.54) is 23.9 Å². The summed E-state index contributed by atoms with van der Waals surface area (Å²) in [6.45, 7) is 3.92. The number of halogens is 1. The minimum Gasteiger partial charge on any atom is -0.506 e. The summed E-state index contributed by atoms with van der Waals surface area (Å²) in [7, 11) is 1.89. The number of aromatic hydroxyl groups is 1. The van der Waals surface area contributed by atoms with E-state index in [-0.39, 0.29) is 23.1 Å². The van der Waals surface area contributed by atoms with Gasteiger partial charge in [-0.2, -0.15) is 0 Å². The highest BCUT2D eigenvalue weighted by Gasteiger charge is 2.17. The molecule has 2 aromatic rings. The van der Waals surface area contributed by atoms with Gasteiger partial charge in [-0.05, 0) is 18.2 Å². The smallest absolute Gasteiger partial charge is 0.234 e. The predicted octanol–water partition coefficient (Wildman–Crippen LogP) is 1.74. The van der Waals surface area contributed by atoms with Crippen LogP contribution in [0.4, 0.5) is 5.69 Å². The molecule has 26 heavy (non-hydrogen) atoms. The number of benzene rings is 1. The van der Waals surface area contributed by atoms with E-state index in [1.807, 2.05) is 11.6 Å². The van der Waals surface area contributed by atoms with Crippen LogP contribution in [0.3, 0.4) is 0 Å². The van der Waals surface area contributed by atoms with Gasteiger partial charge >= 0.3 is 0 Å². The van der Waals surface area contributed by atoms with Crippen LogP contribution in [-0.2, 0) is 23.1 Å². The summed E-state index contributed by atoms with van der Waals surface area (Å²) in [6, 6.07) is 4.49. The molecule has 10 heteroatoms. The summed E-state index contributed by atoms with van der Waals surface area (Å²) in [4.78, 5) is 14.4. The van der Waals surface area contributed by atoms with Gasteiger partial charge in [0.2, 0.25) is 5.91 Å². The quantitative estimate of drug-likeness (QED) is 0.566. The van der Waals surface area contributed by atoms with Crippen molar-refractivity contribution in [3.8, 4) is 5.75 Å². The van der Waals surface area contributed by atoms with Crippen LogP contribution in [0.15, 0.2) is 23.4 Å². The Morgan fingerprint density at radius 3 is 2.92 bits per heavy atom. The Kier molecular flexibility index (Phi) is 6.36. The second-order valence-corrected chi connectivity index (χ2v) is 7.22. The lowest BCUT2D eigenvalue weighted by Gasteiger charge is -2.25. The van der Waals surface area contributed by atoms with Crippen LogP contribution in [-0.4, -0.2) is 62.7 Å². The first-order chi connectivity index (χ1) is 12.5. The molecule has 140 valence electrons. The second-order valence-electron chi connectivity index (χ2n) is 5.84. The third-order valence-electron chi connectivity index (χ3n) is 3.96. The van der Waals surface area contributed by atoms with E-state index in [0.717, 1.165) is 32.1 Å². The number of carbonyl (C=O) groups excluding carboxylic acids is 1. The Hall–Kier alpha value is -1.81. The lowest BCUT2D eigenvalue weighted by molar-refractivity contribution is -0.113. The number of nitrogens with zero attached hydrogens (tertiary/aromatic N) is 4. The molecule has 1 aromatic heterocycles. The molecule has 1 saturated heterocycles. The molecular formula is C16H20ClN5O3S. The Morgan fingerprint density at radius 2 is 2.15 bits per heavy atom. The zero-order valence-corrected chi connectivity index (χ0v) is 15.9. The first kappa shape index (κ1) is 19.0. The van der Waals surface area contributed by atoms with Crippen molar-refractivity contribution in [1.29, 1.82) is 0 Å². The van der Waals surface area contributed by atoms with E-state index in [4.69, 9.17) is 16.3 Å². The minimum absolute atomic E-state index is 0.0285. The molecule has 0 radical (unpaired) electrons. The van der Waals surface area contributed by atoms with Gasteiger partial charge in [-0.15, -0.1) is 10.2 Å². The molecule has 0 aliphatic carbocycles. The fraction of sp³-hybridized carbons (Fsp3) is 0.438. The van der Waals surface area contributed by atoms with Crippen molar-refractivity contribution in [1.82, 2.24) is 19.7 Å². The van der Waals surface area contributed by atoms with Crippen LogP contribution in [0.25, 0.3) is 0 Å². The predicted molar refractivity (Wildman–Crippen MR) is 99.6 cm³/mol. The van der Waals surface area contributed by atoms with Gasteiger partial charge in [0.05, 0.1) is 31.2 Å². The number of carbonyl (C=O) groups is 1. The molecular weight excluding hydrogens is 378 g/mol. The molecule has 0 spiro atoms. The normalized spacial score (nSPS) is 15.2. The summed E-state index contributed by atoms with van der Waals surface area (Å²) >= 11 is 7.16. The first-order valence-electron chi connectivity index (χ1n) is 8.12. The molecule has 1 aliphatic rings. The van der Waals surface area contributed by atoms with E-state index in [0.29, 0.717) is 16.7 Å². The molecule has 3 rings (SSSR count). The lowest BCUT2D eigenvalue weighted by atomic mass is 10.3. The molecule has 1 fully saturated rings. The van der Waals surface area contributed by atoms with Crippen molar-refractivity contribution in [2.45, 2.75) is 11.7 Å². The maximum Gasteiger partial charge on any atom is 0.234 e. The van der Waals surface area contributed by atoms with Crippen LogP contribution < -0.4 is 5.32 Å². The fourth-order valence-electron chi connectivity index (χ4n) is 2.49. The van der Waals surface area contributed by atoms with Gasteiger partial charge in [0.1, 0.15) is 11.6 Å². The van der Waals surface area contributed by atoms with Crippen LogP contribution in [0, 0.1) is 0 Å². The largest absolute Gasteiger partial charge is 0.506 e. The second kappa shape index (κ2) is 8.72. The maximum absolute atomic E-state index is 12.1. The summed E-state index contributed by atoms with van der Waals surface area (Å²) < 4.78 is 7.24. The molecule has 8 nitrogen and oxygen atoms in total. The van der Waals surface area contributed by atoms with Crippen LogP contribution in [0.2, 0.25) is 5.02 Å². The summed E-state index contributed by atoms with van der Waals surface area (Å²) in [5, 5.41) is 21.9. The molecule has 0 saturated carbocycles. The van der Waals surface area contributed by atoms with Crippen LogP contribution in [0.5, 0.6) is 5.75 Å². The molecule has 0 bridgehead atoms. The number of nitrogens with one attached hydrogen (secondary N) is 1. The van der Waals surface area contributed by atoms with Crippen molar-refractivity contribution in [3.63, 3.8) is 0 Å². The van der Waals surface area contributed by atoms with Crippen LogP contribution >= 0.6 is 23.4 Å². The number of amides is 1. The number of rotatable bonds is 6. The SMILES string of the molecule is Cn1c(CN2CCOCC2)nnc1SCC(=O)Nc1cc(Cl)ccc1O. The van der Waals surface area contributed by atoms with Gasteiger partial charge in [-0.25, -0.2) is 0 Å². The number of aromatic nitrogens is 3. The number of anilines is 1. The molecule has 2 N–H and O–H groups in total. The van der Waals surface area contributed by atoms with E-state index < -0.39 is 0 Å². The van der Waals surface area contributed by atoms with Gasteiger partial charge in [0, 0.05) is 25.2 Å². The van der Waals surface area contributed by atoms with Gasteiger partial charge in [-0.3, -0.25) is 9.69 Å². The van der Waals surface area contributed by atoms with E-state index in [1.54, 1.807) is 6.07 Å². The first-order valence-corrected chi connectivity index (χ1v) is 9.49. The van der Waals surface area contributed by atoms with Crippen molar-refractivity contribution < 1.29 is 14.6 Å². The molecule has 0 unspecified atom stereocenters. The van der Waals surface area contributed by atoms with Crippen LogP contribution in [0.1, 0.15) is 5.82 Å². The number of phenolic OH excluding ortho intramolecular Hbond substituents is 1. The maximum atomic E-state index is 12.1. The van der Waals surface area contributed by atoms with E-state index in [2.05, 4.69) is 20.4 Å². The Bertz CT molecular complexity index is 779. The highest BCUT2D eigenvalue weighted by molar-refractivity contribution is 7.99. The lowest BCUT2D eigenvalue weighted by Crippen LogP contribution is -2.36. The highest BCUT2D eigenvalue weighted by Crippen LogP contribution is 2.27. The third kappa shape index (κ3) is 4.88. The van der Waals surface area contributed by atoms with Gasteiger partial charge in [0.25, 0.3) is 0 Å². The third-order valence-corrected chi connectivity index (χ3v) is 5.21.